The highest BCUT2D eigenvalue weighted by molar-refractivity contribution is 7.12. The van der Waals surface area contributed by atoms with Crippen molar-refractivity contribution in [1.29, 1.82) is 0 Å². The van der Waals surface area contributed by atoms with Crippen molar-refractivity contribution in [1.82, 2.24) is 5.32 Å². The molecule has 3 unspecified atom stereocenters. The highest BCUT2D eigenvalue weighted by Gasteiger charge is 2.46. The number of rotatable bonds is 1. The minimum atomic E-state index is -2.08. The zero-order chi connectivity index (χ0) is 20.5. The van der Waals surface area contributed by atoms with Crippen LogP contribution in [0.3, 0.4) is 0 Å². The second kappa shape index (κ2) is 6.45. The quantitative estimate of drug-likeness (QED) is 0.744. The summed E-state index contributed by atoms with van der Waals surface area (Å²) in [5.74, 6) is 1.95. The predicted molar refractivity (Wildman–Crippen MR) is 110 cm³/mol. The number of hydrogen-bond donors (Lipinski definition) is 1. The van der Waals surface area contributed by atoms with Gasteiger partial charge in [0.05, 0.1) is 0 Å². The van der Waals surface area contributed by atoms with Crippen LogP contribution >= 0.6 is 11.3 Å². The monoisotopic (exact) mass is 385 g/mol. The van der Waals surface area contributed by atoms with E-state index in [1.807, 2.05) is 11.3 Å². The molecule has 3 nitrogen and oxygen atoms in total. The van der Waals surface area contributed by atoms with Crippen molar-refractivity contribution in [2.45, 2.75) is 89.9 Å². The lowest BCUT2D eigenvalue weighted by Gasteiger charge is -2.32. The summed E-state index contributed by atoms with van der Waals surface area (Å²) in [4.78, 5) is 7.78. The third-order valence-electron chi connectivity index (χ3n) is 7.45. The van der Waals surface area contributed by atoms with Gasteiger partial charge in [0.15, 0.2) is 6.23 Å². The third-order valence-corrected chi connectivity index (χ3v) is 8.78. The molecular formula is C23H30N2OS. The topological polar surface area (TPSA) is 33.6 Å². The lowest BCUT2D eigenvalue weighted by atomic mass is 9.76. The van der Waals surface area contributed by atoms with Crippen LogP contribution in [-0.2, 0) is 30.5 Å². The number of ether oxygens (including phenoxy) is 1. The molecule has 1 fully saturated rings. The molecule has 0 amide bonds. The molecule has 1 aromatic rings. The normalized spacial score (nSPS) is 37.0. The van der Waals surface area contributed by atoms with E-state index in [9.17, 15) is 0 Å². The van der Waals surface area contributed by atoms with Crippen molar-refractivity contribution in [3.05, 3.63) is 32.2 Å². The molecular weight excluding hydrogens is 352 g/mol. The Morgan fingerprint density at radius 1 is 1.07 bits per heavy atom. The molecule has 6 rings (SSSR count). The largest absolute Gasteiger partial charge is 0.472 e. The maximum atomic E-state index is 7.74. The zero-order valence-electron chi connectivity index (χ0n) is 18.9. The predicted octanol–water partition coefficient (Wildman–Crippen LogP) is 4.92. The molecule has 0 saturated carbocycles. The number of nitrogens with one attached hydrogen (secondary N) is 1. The summed E-state index contributed by atoms with van der Waals surface area (Å²) in [6.45, 7) is -1.11. The average Bonchev–Trinajstić information content (AvgIpc) is 3.30. The fourth-order valence-electron chi connectivity index (χ4n) is 6.13. The standard InChI is InChI=1S/C23H30N2OS/c1-13-9-10-16-15-6-4-7-17(22(15)26-23(16)25-13)19-11-18-14-5-2-3-8-20(14)27-21(18)12-24-19/h15-16,19,23-24H,2-12H2,1H3/t15?,16?,19-,23?/m1/s1/i1D3. The Labute approximate surface area is 170 Å². The molecule has 0 bridgehead atoms. The maximum Gasteiger partial charge on any atom is 0.192 e. The summed E-state index contributed by atoms with van der Waals surface area (Å²) in [5.41, 5.74) is 5.10. The first-order valence-electron chi connectivity index (χ1n) is 12.3. The summed E-state index contributed by atoms with van der Waals surface area (Å²) in [6, 6.07) is 0.363. The van der Waals surface area contributed by atoms with E-state index in [4.69, 9.17) is 8.85 Å². The van der Waals surface area contributed by atoms with Gasteiger partial charge in [-0.05, 0) is 87.8 Å². The van der Waals surface area contributed by atoms with Gasteiger partial charge in [-0.1, -0.05) is 0 Å². The third kappa shape index (κ3) is 2.66. The van der Waals surface area contributed by atoms with Crippen LogP contribution in [0.15, 0.2) is 16.3 Å². The highest BCUT2D eigenvalue weighted by atomic mass is 32.1. The first-order valence-corrected chi connectivity index (χ1v) is 11.6. The SMILES string of the molecule is [2H]C([2H])([2H])C1=NC2OC3=C([C@H]4Cc5c(sc6c5CCCC6)CN4)CCCC3C2CC1. The summed E-state index contributed by atoms with van der Waals surface area (Å²) >= 11 is 2.04. The smallest absolute Gasteiger partial charge is 0.192 e. The average molecular weight is 386 g/mol. The van der Waals surface area contributed by atoms with Crippen molar-refractivity contribution in [3.63, 3.8) is 0 Å². The molecule has 0 spiro atoms. The zero-order valence-corrected chi connectivity index (χ0v) is 16.7. The van der Waals surface area contributed by atoms with Gasteiger partial charge >= 0.3 is 0 Å². The van der Waals surface area contributed by atoms with E-state index < -0.39 is 6.85 Å². The number of fused-ring (bicyclic) bond motifs is 6. The first kappa shape index (κ1) is 13.9. The van der Waals surface area contributed by atoms with E-state index in [-0.39, 0.29) is 6.23 Å². The van der Waals surface area contributed by atoms with Crippen LogP contribution in [0.1, 0.15) is 76.8 Å². The molecule has 0 radical (unpaired) electrons. The number of allylic oxidation sites excluding steroid dienone is 1. The molecule has 4 heterocycles. The van der Waals surface area contributed by atoms with Gasteiger partial charge in [0, 0.05) is 44.0 Å². The van der Waals surface area contributed by atoms with Crippen LogP contribution in [0.4, 0.5) is 0 Å². The van der Waals surface area contributed by atoms with Crippen LogP contribution in [0.25, 0.3) is 0 Å². The van der Waals surface area contributed by atoms with Gasteiger partial charge in [0.2, 0.25) is 0 Å². The van der Waals surface area contributed by atoms with E-state index in [2.05, 4.69) is 10.3 Å². The molecule has 4 heteroatoms. The molecule has 1 saturated heterocycles. The Morgan fingerprint density at radius 3 is 3.00 bits per heavy atom. The van der Waals surface area contributed by atoms with Gasteiger partial charge in [0.1, 0.15) is 5.76 Å². The Balaban J connectivity index is 1.30. The lowest BCUT2D eigenvalue weighted by Crippen LogP contribution is -2.38. The van der Waals surface area contributed by atoms with Crippen LogP contribution < -0.4 is 5.32 Å². The molecule has 27 heavy (non-hydrogen) atoms. The Bertz CT molecular complexity index is 932. The first-order chi connectivity index (χ1) is 14.5. The van der Waals surface area contributed by atoms with E-state index in [1.54, 1.807) is 20.9 Å². The summed E-state index contributed by atoms with van der Waals surface area (Å²) in [7, 11) is 0. The van der Waals surface area contributed by atoms with Crippen molar-refractivity contribution >= 4 is 17.0 Å². The molecule has 1 N–H and O–H groups in total. The van der Waals surface area contributed by atoms with Crippen molar-refractivity contribution in [2.24, 2.45) is 16.8 Å². The summed E-state index contributed by atoms with van der Waals surface area (Å²) in [6.07, 6.45) is 11.0. The van der Waals surface area contributed by atoms with Crippen molar-refractivity contribution < 1.29 is 8.85 Å². The summed E-state index contributed by atoms with van der Waals surface area (Å²) < 4.78 is 29.7. The van der Waals surface area contributed by atoms with Gasteiger partial charge in [-0.15, -0.1) is 11.3 Å². The minimum absolute atomic E-state index is 0.282. The Kier molecular flexibility index (Phi) is 3.33. The van der Waals surface area contributed by atoms with Gasteiger partial charge < -0.3 is 10.1 Å². The van der Waals surface area contributed by atoms with Gasteiger partial charge in [0.25, 0.3) is 0 Å². The van der Waals surface area contributed by atoms with E-state index in [1.165, 1.54) is 37.7 Å². The van der Waals surface area contributed by atoms with Crippen molar-refractivity contribution in [3.8, 4) is 0 Å². The second-order valence-corrected chi connectivity index (χ2v) is 10.1. The van der Waals surface area contributed by atoms with Crippen LogP contribution in [-0.4, -0.2) is 18.0 Å². The molecule has 1 aromatic heterocycles. The molecule has 144 valence electrons. The number of nitrogens with zero attached hydrogens (tertiary/aromatic N) is 1. The van der Waals surface area contributed by atoms with E-state index in [0.717, 1.165) is 38.0 Å². The van der Waals surface area contributed by atoms with Gasteiger partial charge in [-0.25, -0.2) is 0 Å². The van der Waals surface area contributed by atoms with E-state index in [0.29, 0.717) is 30.0 Å². The second-order valence-electron chi connectivity index (χ2n) is 8.93. The number of hydrogen-bond acceptors (Lipinski definition) is 4. The maximum absolute atomic E-state index is 7.74. The van der Waals surface area contributed by atoms with E-state index >= 15 is 0 Å². The highest BCUT2D eigenvalue weighted by Crippen LogP contribution is 2.49. The minimum Gasteiger partial charge on any atom is -0.472 e. The fourth-order valence-corrected chi connectivity index (χ4v) is 7.51. The molecule has 0 aromatic carbocycles. The van der Waals surface area contributed by atoms with Gasteiger partial charge in [-0.3, -0.25) is 4.99 Å². The fraction of sp³-hybridized carbons (Fsp3) is 0.696. The number of aliphatic imine (C=N–C) groups is 1. The van der Waals surface area contributed by atoms with Crippen LogP contribution in [0, 0.1) is 11.8 Å². The molecule has 3 aliphatic heterocycles. The Morgan fingerprint density at radius 2 is 2.04 bits per heavy atom. The van der Waals surface area contributed by atoms with Crippen LogP contribution in [0.5, 0.6) is 0 Å². The molecule has 5 aliphatic rings. The molecule has 2 aliphatic carbocycles. The number of aryl methyl sites for hydroxylation is 1. The summed E-state index contributed by atoms with van der Waals surface area (Å²) in [5, 5.41) is 3.83. The van der Waals surface area contributed by atoms with Gasteiger partial charge in [-0.2, -0.15) is 0 Å². The lowest BCUT2D eigenvalue weighted by molar-refractivity contribution is 0.127. The van der Waals surface area contributed by atoms with Crippen molar-refractivity contribution in [2.75, 3.05) is 0 Å². The molecule has 4 atom stereocenters. The number of thiophene rings is 1. The Hall–Kier alpha value is -1.13. The van der Waals surface area contributed by atoms with Crippen LogP contribution in [0.2, 0.25) is 0 Å².